The molecular formula is C14H13FOS. The van der Waals surface area contributed by atoms with Gasteiger partial charge in [0.05, 0.1) is 11.4 Å². The van der Waals surface area contributed by atoms with Crippen LogP contribution >= 0.6 is 12.6 Å². The molecule has 0 saturated heterocycles. The minimum Gasteiger partial charge on any atom is -0.387 e. The van der Waals surface area contributed by atoms with Gasteiger partial charge >= 0.3 is 0 Å². The molecule has 17 heavy (non-hydrogen) atoms. The third-order valence-electron chi connectivity index (χ3n) is 2.65. The molecule has 3 heteroatoms. The highest BCUT2D eigenvalue weighted by Crippen LogP contribution is 2.33. The molecule has 0 unspecified atom stereocenters. The summed E-state index contributed by atoms with van der Waals surface area (Å²) in [6.07, 6.45) is -0.749. The smallest absolute Gasteiger partial charge is 0.123 e. The van der Waals surface area contributed by atoms with Crippen molar-refractivity contribution >= 4 is 12.6 Å². The monoisotopic (exact) mass is 248 g/mol. The number of thiol groups is 1. The Labute approximate surface area is 105 Å². The van der Waals surface area contributed by atoms with E-state index in [1.165, 1.54) is 12.1 Å². The van der Waals surface area contributed by atoms with Crippen molar-refractivity contribution in [2.75, 3.05) is 0 Å². The second-order valence-electron chi connectivity index (χ2n) is 3.85. The van der Waals surface area contributed by atoms with Gasteiger partial charge in [-0.2, -0.15) is 12.6 Å². The Hall–Kier alpha value is -1.32. The fourth-order valence-corrected chi connectivity index (χ4v) is 2.02. The molecule has 0 radical (unpaired) electrons. The summed E-state index contributed by atoms with van der Waals surface area (Å²) in [5.41, 5.74) is 1.60. The quantitative estimate of drug-likeness (QED) is 0.796. The third-order valence-corrected chi connectivity index (χ3v) is 3.23. The molecular weight excluding hydrogens is 235 g/mol. The number of halogens is 1. The van der Waals surface area contributed by atoms with Crippen LogP contribution in [0.1, 0.15) is 22.5 Å². The highest BCUT2D eigenvalue weighted by Gasteiger charge is 2.18. The number of hydrogen-bond donors (Lipinski definition) is 2. The van der Waals surface area contributed by atoms with E-state index in [9.17, 15) is 9.50 Å². The van der Waals surface area contributed by atoms with Crippen molar-refractivity contribution in [2.24, 2.45) is 0 Å². The molecule has 0 fully saturated rings. The van der Waals surface area contributed by atoms with E-state index in [1.54, 1.807) is 12.1 Å². The zero-order chi connectivity index (χ0) is 12.3. The second kappa shape index (κ2) is 5.34. The molecule has 2 atom stereocenters. The topological polar surface area (TPSA) is 20.2 Å². The summed E-state index contributed by atoms with van der Waals surface area (Å²) >= 11 is 4.41. The molecule has 0 aliphatic heterocycles. The van der Waals surface area contributed by atoms with Crippen LogP contribution in [0, 0.1) is 5.82 Å². The summed E-state index contributed by atoms with van der Waals surface area (Å²) in [7, 11) is 0. The molecule has 0 saturated carbocycles. The van der Waals surface area contributed by atoms with Crippen molar-refractivity contribution in [1.82, 2.24) is 0 Å². The van der Waals surface area contributed by atoms with Gasteiger partial charge in [-0.3, -0.25) is 0 Å². The van der Waals surface area contributed by atoms with E-state index < -0.39 is 6.10 Å². The first-order valence-electron chi connectivity index (χ1n) is 5.35. The normalized spacial score (nSPS) is 14.3. The predicted molar refractivity (Wildman–Crippen MR) is 69.5 cm³/mol. The van der Waals surface area contributed by atoms with E-state index in [-0.39, 0.29) is 11.1 Å². The number of aliphatic hydroxyl groups is 1. The van der Waals surface area contributed by atoms with E-state index in [4.69, 9.17) is 0 Å². The summed E-state index contributed by atoms with van der Waals surface area (Å²) in [6, 6.07) is 15.3. The second-order valence-corrected chi connectivity index (χ2v) is 4.41. The Morgan fingerprint density at radius 2 is 1.47 bits per heavy atom. The van der Waals surface area contributed by atoms with Crippen molar-refractivity contribution in [3.05, 3.63) is 71.5 Å². The predicted octanol–water partition coefficient (Wildman–Crippen LogP) is 3.53. The lowest BCUT2D eigenvalue weighted by Crippen LogP contribution is -2.05. The molecule has 1 N–H and O–H groups in total. The molecule has 0 aliphatic rings. The van der Waals surface area contributed by atoms with E-state index in [0.29, 0.717) is 5.56 Å². The first-order chi connectivity index (χ1) is 8.18. The van der Waals surface area contributed by atoms with Crippen LogP contribution in [0.4, 0.5) is 4.39 Å². The van der Waals surface area contributed by atoms with E-state index >= 15 is 0 Å². The molecule has 2 aromatic rings. The Bertz CT molecular complexity index is 469. The molecule has 88 valence electrons. The SMILES string of the molecule is O[C@@H](c1ccc(F)cc1)[C@@H](S)c1ccccc1. The van der Waals surface area contributed by atoms with Crippen LogP contribution in [0.3, 0.4) is 0 Å². The summed E-state index contributed by atoms with van der Waals surface area (Å²) in [5, 5.41) is 9.82. The highest BCUT2D eigenvalue weighted by atomic mass is 32.1. The minimum absolute atomic E-state index is 0.309. The van der Waals surface area contributed by atoms with Gasteiger partial charge in [0.1, 0.15) is 5.82 Å². The number of hydrogen-bond acceptors (Lipinski definition) is 2. The van der Waals surface area contributed by atoms with Crippen LogP contribution in [-0.4, -0.2) is 5.11 Å². The zero-order valence-corrected chi connectivity index (χ0v) is 10.0. The number of benzene rings is 2. The third kappa shape index (κ3) is 2.87. The Kier molecular flexibility index (Phi) is 3.82. The Morgan fingerprint density at radius 3 is 2.06 bits per heavy atom. The van der Waals surface area contributed by atoms with Crippen LogP contribution in [0.15, 0.2) is 54.6 Å². The summed E-state index contributed by atoms with van der Waals surface area (Å²) < 4.78 is 12.8. The maximum Gasteiger partial charge on any atom is 0.123 e. The average molecular weight is 248 g/mol. The molecule has 2 rings (SSSR count). The van der Waals surface area contributed by atoms with Gasteiger partial charge in [0.15, 0.2) is 0 Å². The first-order valence-corrected chi connectivity index (χ1v) is 5.86. The maximum absolute atomic E-state index is 12.8. The number of aliphatic hydroxyl groups excluding tert-OH is 1. The standard InChI is InChI=1S/C14H13FOS/c15-12-8-6-10(7-9-12)13(16)14(17)11-4-2-1-3-5-11/h1-9,13-14,16-17H/t13-,14-/m0/s1. The lowest BCUT2D eigenvalue weighted by atomic mass is 10.0. The van der Waals surface area contributed by atoms with Crippen molar-refractivity contribution in [2.45, 2.75) is 11.4 Å². The molecule has 0 aromatic heterocycles. The molecule has 1 nitrogen and oxygen atoms in total. The molecule has 0 heterocycles. The van der Waals surface area contributed by atoms with Gasteiger partial charge < -0.3 is 5.11 Å². The van der Waals surface area contributed by atoms with Gasteiger partial charge in [0.25, 0.3) is 0 Å². The maximum atomic E-state index is 12.8. The lowest BCUT2D eigenvalue weighted by Gasteiger charge is -2.18. The molecule has 2 aromatic carbocycles. The Morgan fingerprint density at radius 1 is 0.882 bits per heavy atom. The van der Waals surface area contributed by atoms with Gasteiger partial charge in [-0.15, -0.1) is 0 Å². The van der Waals surface area contributed by atoms with Crippen molar-refractivity contribution in [1.29, 1.82) is 0 Å². The van der Waals surface area contributed by atoms with Gasteiger partial charge in [-0.1, -0.05) is 42.5 Å². The van der Waals surface area contributed by atoms with Crippen LogP contribution in [-0.2, 0) is 0 Å². The van der Waals surface area contributed by atoms with Crippen LogP contribution in [0.5, 0.6) is 0 Å². The van der Waals surface area contributed by atoms with E-state index in [2.05, 4.69) is 12.6 Å². The van der Waals surface area contributed by atoms with Crippen molar-refractivity contribution < 1.29 is 9.50 Å². The fraction of sp³-hybridized carbons (Fsp3) is 0.143. The van der Waals surface area contributed by atoms with Crippen molar-refractivity contribution in [3.63, 3.8) is 0 Å². The minimum atomic E-state index is -0.749. The van der Waals surface area contributed by atoms with E-state index in [0.717, 1.165) is 5.56 Å². The molecule has 0 bridgehead atoms. The molecule has 0 amide bonds. The largest absolute Gasteiger partial charge is 0.387 e. The molecule has 0 aliphatic carbocycles. The van der Waals surface area contributed by atoms with Gasteiger partial charge in [-0.05, 0) is 23.3 Å². The Balaban J connectivity index is 2.20. The average Bonchev–Trinajstić information content (AvgIpc) is 2.39. The lowest BCUT2D eigenvalue weighted by molar-refractivity contribution is 0.175. The van der Waals surface area contributed by atoms with Gasteiger partial charge in [0.2, 0.25) is 0 Å². The van der Waals surface area contributed by atoms with Crippen LogP contribution in [0.25, 0.3) is 0 Å². The van der Waals surface area contributed by atoms with Gasteiger partial charge in [-0.25, -0.2) is 4.39 Å². The highest BCUT2D eigenvalue weighted by molar-refractivity contribution is 7.80. The van der Waals surface area contributed by atoms with Crippen molar-refractivity contribution in [3.8, 4) is 0 Å². The number of rotatable bonds is 3. The first kappa shape index (κ1) is 12.1. The van der Waals surface area contributed by atoms with E-state index in [1.807, 2.05) is 30.3 Å². The fourth-order valence-electron chi connectivity index (χ4n) is 1.67. The zero-order valence-electron chi connectivity index (χ0n) is 9.12. The van der Waals surface area contributed by atoms with Crippen LogP contribution < -0.4 is 0 Å². The summed E-state index contributed by atoms with van der Waals surface area (Å²) in [6.45, 7) is 0. The molecule has 0 spiro atoms. The van der Waals surface area contributed by atoms with Crippen LogP contribution in [0.2, 0.25) is 0 Å². The summed E-state index contributed by atoms with van der Waals surface area (Å²) in [4.78, 5) is 0. The van der Waals surface area contributed by atoms with Gasteiger partial charge in [0, 0.05) is 0 Å². The summed E-state index contributed by atoms with van der Waals surface area (Å²) in [5.74, 6) is -0.309.